The Morgan fingerprint density at radius 3 is 2.52 bits per heavy atom. The molecule has 0 atom stereocenters. The quantitative estimate of drug-likeness (QED) is 0.429. The molecule has 2 heterocycles. The van der Waals surface area contributed by atoms with Gasteiger partial charge in [0.1, 0.15) is 27.9 Å². The van der Waals surface area contributed by atoms with Crippen LogP contribution in [-0.2, 0) is 0 Å². The maximum absolute atomic E-state index is 6.37. The number of benzene rings is 2. The fourth-order valence-corrected chi connectivity index (χ4v) is 4.09. The van der Waals surface area contributed by atoms with Gasteiger partial charge in [0.05, 0.1) is 31.5 Å². The van der Waals surface area contributed by atoms with Crippen molar-refractivity contribution < 1.29 is 14.2 Å². The summed E-state index contributed by atoms with van der Waals surface area (Å²) >= 11 is 7.72. The number of anilines is 1. The smallest absolute Gasteiger partial charge is 0.165 e. The van der Waals surface area contributed by atoms with Crippen LogP contribution in [0.3, 0.4) is 0 Å². The number of halogens is 1. The molecule has 31 heavy (non-hydrogen) atoms. The SMILES string of the molecule is CCOc1ccc(-c2csc(-c3nnn(-c4cc(Cl)c(OC)cc4OC)c3N)n2)cc1. The molecule has 4 aromatic rings. The third-order valence-corrected chi connectivity index (χ3v) is 5.70. The van der Waals surface area contributed by atoms with E-state index < -0.39 is 0 Å². The molecule has 0 unspecified atom stereocenters. The molecule has 0 aliphatic rings. The van der Waals surface area contributed by atoms with E-state index in [2.05, 4.69) is 15.3 Å². The van der Waals surface area contributed by atoms with Crippen molar-refractivity contribution in [3.8, 4) is 44.9 Å². The van der Waals surface area contributed by atoms with Gasteiger partial charge in [0.15, 0.2) is 11.5 Å². The van der Waals surface area contributed by atoms with Crippen molar-refractivity contribution in [2.45, 2.75) is 6.92 Å². The molecule has 0 saturated carbocycles. The lowest BCUT2D eigenvalue weighted by Gasteiger charge is -2.12. The van der Waals surface area contributed by atoms with Crippen LogP contribution in [0, 0.1) is 0 Å². The molecule has 0 aliphatic carbocycles. The van der Waals surface area contributed by atoms with E-state index in [1.54, 1.807) is 19.2 Å². The van der Waals surface area contributed by atoms with Crippen LogP contribution in [0.15, 0.2) is 41.8 Å². The van der Waals surface area contributed by atoms with Crippen LogP contribution in [0.25, 0.3) is 27.6 Å². The number of hydrogen-bond acceptors (Lipinski definition) is 8. The molecule has 8 nitrogen and oxygen atoms in total. The average molecular weight is 458 g/mol. The van der Waals surface area contributed by atoms with E-state index in [0.717, 1.165) is 17.0 Å². The van der Waals surface area contributed by atoms with Crippen LogP contribution in [0.4, 0.5) is 5.82 Å². The van der Waals surface area contributed by atoms with Gasteiger partial charge >= 0.3 is 0 Å². The first-order chi connectivity index (χ1) is 15.0. The van der Waals surface area contributed by atoms with Crippen molar-refractivity contribution in [3.63, 3.8) is 0 Å². The van der Waals surface area contributed by atoms with Crippen molar-refractivity contribution in [3.05, 3.63) is 46.8 Å². The van der Waals surface area contributed by atoms with Crippen LogP contribution >= 0.6 is 22.9 Å². The molecule has 0 spiro atoms. The van der Waals surface area contributed by atoms with Crippen molar-refractivity contribution in [1.82, 2.24) is 20.0 Å². The Hall–Kier alpha value is -3.30. The van der Waals surface area contributed by atoms with Crippen LogP contribution in [-0.4, -0.2) is 40.8 Å². The van der Waals surface area contributed by atoms with Gasteiger partial charge in [-0.15, -0.1) is 16.4 Å². The lowest BCUT2D eigenvalue weighted by atomic mass is 10.2. The molecule has 2 N–H and O–H groups in total. The number of thiazole rings is 1. The van der Waals surface area contributed by atoms with E-state index in [9.17, 15) is 0 Å². The van der Waals surface area contributed by atoms with Gasteiger partial charge in [-0.25, -0.2) is 4.98 Å². The number of ether oxygens (including phenoxy) is 3. The molecule has 10 heteroatoms. The summed E-state index contributed by atoms with van der Waals surface area (Å²) in [6, 6.07) is 11.1. The Labute approximate surface area is 188 Å². The van der Waals surface area contributed by atoms with Gasteiger partial charge in [0.2, 0.25) is 0 Å². The molecular formula is C21H20ClN5O3S. The molecule has 0 bridgehead atoms. The largest absolute Gasteiger partial charge is 0.495 e. The van der Waals surface area contributed by atoms with Crippen molar-refractivity contribution in [1.29, 1.82) is 0 Å². The van der Waals surface area contributed by atoms with Crippen LogP contribution < -0.4 is 19.9 Å². The number of methoxy groups -OCH3 is 2. The third-order valence-electron chi connectivity index (χ3n) is 4.55. The molecule has 2 aromatic heterocycles. The van der Waals surface area contributed by atoms with Gasteiger partial charge in [0.25, 0.3) is 0 Å². The summed E-state index contributed by atoms with van der Waals surface area (Å²) in [5, 5.41) is 11.5. The van der Waals surface area contributed by atoms with Gasteiger partial charge in [-0.3, -0.25) is 0 Å². The minimum atomic E-state index is 0.326. The summed E-state index contributed by atoms with van der Waals surface area (Å²) < 4.78 is 17.7. The molecule has 0 radical (unpaired) electrons. The molecule has 0 amide bonds. The van der Waals surface area contributed by atoms with Crippen LogP contribution in [0.1, 0.15) is 6.92 Å². The zero-order chi connectivity index (χ0) is 22.0. The number of nitrogen functional groups attached to an aromatic ring is 1. The first kappa shape index (κ1) is 21.0. The van der Waals surface area contributed by atoms with Crippen molar-refractivity contribution in [2.75, 3.05) is 26.6 Å². The molecule has 2 aromatic carbocycles. The normalized spacial score (nSPS) is 10.8. The van der Waals surface area contributed by atoms with Gasteiger partial charge in [-0.05, 0) is 37.3 Å². The van der Waals surface area contributed by atoms with Crippen molar-refractivity contribution >= 4 is 28.8 Å². The monoisotopic (exact) mass is 457 g/mol. The first-order valence-corrected chi connectivity index (χ1v) is 10.6. The Bertz CT molecular complexity index is 1210. The summed E-state index contributed by atoms with van der Waals surface area (Å²) in [6.07, 6.45) is 0. The van der Waals surface area contributed by atoms with E-state index in [-0.39, 0.29) is 0 Å². The molecular weight excluding hydrogens is 438 g/mol. The second-order valence-electron chi connectivity index (χ2n) is 6.39. The zero-order valence-electron chi connectivity index (χ0n) is 17.1. The number of aromatic nitrogens is 4. The number of hydrogen-bond donors (Lipinski definition) is 1. The van der Waals surface area contributed by atoms with Gasteiger partial charge in [-0.2, -0.15) is 4.68 Å². The zero-order valence-corrected chi connectivity index (χ0v) is 18.7. The van der Waals surface area contributed by atoms with Crippen LogP contribution in [0.2, 0.25) is 5.02 Å². The second kappa shape index (κ2) is 8.83. The fraction of sp³-hybridized carbons (Fsp3) is 0.190. The van der Waals surface area contributed by atoms with E-state index >= 15 is 0 Å². The second-order valence-corrected chi connectivity index (χ2v) is 7.65. The predicted octanol–water partition coefficient (Wildman–Crippen LogP) is 4.71. The molecule has 0 fully saturated rings. The Morgan fingerprint density at radius 1 is 1.10 bits per heavy atom. The summed E-state index contributed by atoms with van der Waals surface area (Å²) in [7, 11) is 3.08. The Balaban J connectivity index is 1.68. The maximum atomic E-state index is 6.37. The highest BCUT2D eigenvalue weighted by Crippen LogP contribution is 2.37. The van der Waals surface area contributed by atoms with E-state index in [1.807, 2.05) is 36.6 Å². The summed E-state index contributed by atoms with van der Waals surface area (Å²) in [5.74, 6) is 2.13. The number of rotatable bonds is 7. The Kier molecular flexibility index (Phi) is 5.97. The van der Waals surface area contributed by atoms with Crippen molar-refractivity contribution in [2.24, 2.45) is 0 Å². The first-order valence-electron chi connectivity index (χ1n) is 9.37. The number of nitrogens with two attached hydrogens (primary N) is 1. The summed E-state index contributed by atoms with van der Waals surface area (Å²) in [5.41, 5.74) is 9.20. The lowest BCUT2D eigenvalue weighted by molar-refractivity contribution is 0.340. The maximum Gasteiger partial charge on any atom is 0.165 e. The molecule has 160 valence electrons. The van der Waals surface area contributed by atoms with Gasteiger partial charge < -0.3 is 19.9 Å². The molecule has 0 aliphatic heterocycles. The van der Waals surface area contributed by atoms with Gasteiger partial charge in [0, 0.05) is 17.0 Å². The average Bonchev–Trinajstić information content (AvgIpc) is 3.41. The predicted molar refractivity (Wildman–Crippen MR) is 122 cm³/mol. The summed E-state index contributed by atoms with van der Waals surface area (Å²) in [6.45, 7) is 2.58. The third kappa shape index (κ3) is 4.01. The molecule has 4 rings (SSSR count). The van der Waals surface area contributed by atoms with E-state index in [1.165, 1.54) is 23.1 Å². The molecule has 0 saturated heterocycles. The topological polar surface area (TPSA) is 97.3 Å². The van der Waals surface area contributed by atoms with E-state index in [0.29, 0.717) is 45.3 Å². The minimum absolute atomic E-state index is 0.326. The van der Waals surface area contributed by atoms with E-state index in [4.69, 9.17) is 31.5 Å². The van der Waals surface area contributed by atoms with Crippen LogP contribution in [0.5, 0.6) is 17.2 Å². The minimum Gasteiger partial charge on any atom is -0.495 e. The lowest BCUT2D eigenvalue weighted by Crippen LogP contribution is -2.05. The number of nitrogens with zero attached hydrogens (tertiary/aromatic N) is 4. The highest BCUT2D eigenvalue weighted by molar-refractivity contribution is 7.13. The van der Waals surface area contributed by atoms with Gasteiger partial charge in [-0.1, -0.05) is 16.8 Å². The fourth-order valence-electron chi connectivity index (χ4n) is 3.03. The highest BCUT2D eigenvalue weighted by Gasteiger charge is 2.20. The summed E-state index contributed by atoms with van der Waals surface area (Å²) in [4.78, 5) is 4.69. The Morgan fingerprint density at radius 2 is 1.84 bits per heavy atom. The highest BCUT2D eigenvalue weighted by atomic mass is 35.5. The standard InChI is InChI=1S/C21H20ClN5O3S/c1-4-30-13-7-5-12(6-8-13)15-11-31-21(24-15)19-20(23)27(26-25-19)16-9-14(22)17(28-2)10-18(16)29-3/h5-11H,4,23H2,1-3H3.